The maximum Gasteiger partial charge on any atom is 0.267 e. The zero-order valence-corrected chi connectivity index (χ0v) is 17.2. The number of pyridine rings is 1. The lowest BCUT2D eigenvalue weighted by atomic mass is 10.0. The van der Waals surface area contributed by atoms with E-state index < -0.39 is 0 Å². The van der Waals surface area contributed by atoms with Crippen LogP contribution in [0.15, 0.2) is 24.5 Å². The summed E-state index contributed by atoms with van der Waals surface area (Å²) in [6.07, 6.45) is 4.92. The molecule has 0 bridgehead atoms. The Balaban J connectivity index is 1.96. The van der Waals surface area contributed by atoms with Gasteiger partial charge in [0.2, 0.25) is 5.88 Å². The maximum absolute atomic E-state index is 12.5. The first-order valence-corrected chi connectivity index (χ1v) is 10.0. The molecule has 0 aliphatic carbocycles. The lowest BCUT2D eigenvalue weighted by Crippen LogP contribution is -2.27. The normalized spacial score (nSPS) is 14.8. The van der Waals surface area contributed by atoms with E-state index in [0.717, 1.165) is 12.8 Å². The average molecular weight is 399 g/mol. The molecule has 1 amide bonds. The number of rotatable bonds is 7. The number of hydrogen-bond acceptors (Lipinski definition) is 6. The summed E-state index contributed by atoms with van der Waals surface area (Å²) >= 11 is 0. The van der Waals surface area contributed by atoms with Gasteiger partial charge in [-0.25, -0.2) is 4.98 Å². The van der Waals surface area contributed by atoms with Crippen LogP contribution in [-0.4, -0.2) is 47.0 Å². The SMILES string of the molecule is CCNC(=O)c1cc(C(=N)c2c(N)ccnc2OC2CCOCC2)cn1C(C)C. The molecule has 0 aromatic carbocycles. The smallest absolute Gasteiger partial charge is 0.267 e. The van der Waals surface area contributed by atoms with E-state index in [-0.39, 0.29) is 23.8 Å². The van der Waals surface area contributed by atoms with Crippen LogP contribution >= 0.6 is 0 Å². The van der Waals surface area contributed by atoms with Crippen molar-refractivity contribution in [2.24, 2.45) is 0 Å². The third kappa shape index (κ3) is 4.59. The first kappa shape index (κ1) is 20.9. The van der Waals surface area contributed by atoms with E-state index in [1.807, 2.05) is 31.5 Å². The molecule has 0 atom stereocenters. The highest BCUT2D eigenvalue weighted by Crippen LogP contribution is 2.28. The number of amides is 1. The molecule has 2 aromatic heterocycles. The van der Waals surface area contributed by atoms with E-state index in [1.54, 1.807) is 18.3 Å². The van der Waals surface area contributed by atoms with Crippen molar-refractivity contribution in [3.05, 3.63) is 41.3 Å². The molecule has 1 aliphatic rings. The van der Waals surface area contributed by atoms with Crippen LogP contribution in [0.4, 0.5) is 5.69 Å². The van der Waals surface area contributed by atoms with E-state index in [2.05, 4.69) is 10.3 Å². The van der Waals surface area contributed by atoms with E-state index >= 15 is 0 Å². The lowest BCUT2D eigenvalue weighted by Gasteiger charge is -2.24. The van der Waals surface area contributed by atoms with Gasteiger partial charge in [-0.2, -0.15) is 0 Å². The van der Waals surface area contributed by atoms with Gasteiger partial charge in [-0.15, -0.1) is 0 Å². The molecule has 0 unspecified atom stereocenters. The van der Waals surface area contributed by atoms with Gasteiger partial charge in [-0.3, -0.25) is 10.2 Å². The molecule has 0 saturated carbocycles. The minimum absolute atomic E-state index is 0.0178. The topological polar surface area (TPSA) is 115 Å². The second-order valence-corrected chi connectivity index (χ2v) is 7.36. The summed E-state index contributed by atoms with van der Waals surface area (Å²) in [5.74, 6) is 0.178. The van der Waals surface area contributed by atoms with Crippen LogP contribution in [-0.2, 0) is 4.74 Å². The van der Waals surface area contributed by atoms with Crippen LogP contribution in [0, 0.1) is 5.41 Å². The van der Waals surface area contributed by atoms with Gasteiger partial charge in [-0.05, 0) is 32.9 Å². The van der Waals surface area contributed by atoms with Crippen LogP contribution in [0.3, 0.4) is 0 Å². The molecule has 8 heteroatoms. The number of carbonyl (C=O) groups is 1. The molecule has 1 saturated heterocycles. The predicted octanol–water partition coefficient (Wildman–Crippen LogP) is 2.77. The van der Waals surface area contributed by atoms with Crippen molar-refractivity contribution < 1.29 is 14.3 Å². The van der Waals surface area contributed by atoms with E-state index in [9.17, 15) is 4.79 Å². The number of nitrogens with one attached hydrogen (secondary N) is 2. The molecule has 0 spiro atoms. The van der Waals surface area contributed by atoms with Gasteiger partial charge in [-0.1, -0.05) is 0 Å². The molecule has 1 aliphatic heterocycles. The quantitative estimate of drug-likeness (QED) is 0.619. The summed E-state index contributed by atoms with van der Waals surface area (Å²) in [5, 5.41) is 11.6. The Morgan fingerprint density at radius 1 is 1.45 bits per heavy atom. The second kappa shape index (κ2) is 9.09. The van der Waals surface area contributed by atoms with Gasteiger partial charge in [0, 0.05) is 49.1 Å². The Morgan fingerprint density at radius 2 is 2.17 bits per heavy atom. The molecule has 3 heterocycles. The van der Waals surface area contributed by atoms with E-state index in [1.165, 1.54) is 0 Å². The Kier molecular flexibility index (Phi) is 6.53. The van der Waals surface area contributed by atoms with Crippen molar-refractivity contribution in [3.8, 4) is 5.88 Å². The number of hydrogen-bond donors (Lipinski definition) is 3. The average Bonchev–Trinajstić information content (AvgIpc) is 3.15. The Morgan fingerprint density at radius 3 is 2.83 bits per heavy atom. The monoisotopic (exact) mass is 399 g/mol. The van der Waals surface area contributed by atoms with Gasteiger partial charge >= 0.3 is 0 Å². The van der Waals surface area contributed by atoms with Gasteiger partial charge in [0.25, 0.3) is 5.91 Å². The Hall–Kier alpha value is -2.87. The first-order chi connectivity index (χ1) is 13.9. The molecule has 3 rings (SSSR count). The number of anilines is 1. The molecule has 1 fully saturated rings. The number of nitrogen functional groups attached to an aromatic ring is 1. The maximum atomic E-state index is 12.5. The van der Waals surface area contributed by atoms with Crippen molar-refractivity contribution in [3.63, 3.8) is 0 Å². The van der Waals surface area contributed by atoms with Crippen LogP contribution in [0.2, 0.25) is 0 Å². The molecule has 8 nitrogen and oxygen atoms in total. The van der Waals surface area contributed by atoms with Crippen molar-refractivity contribution in [1.82, 2.24) is 14.9 Å². The van der Waals surface area contributed by atoms with Crippen LogP contribution in [0.1, 0.15) is 61.3 Å². The van der Waals surface area contributed by atoms with E-state index in [0.29, 0.717) is 48.1 Å². The van der Waals surface area contributed by atoms with Gasteiger partial charge in [0.05, 0.1) is 24.5 Å². The largest absolute Gasteiger partial charge is 0.474 e. The molecular weight excluding hydrogens is 370 g/mol. The summed E-state index contributed by atoms with van der Waals surface area (Å²) in [6.45, 7) is 7.69. The van der Waals surface area contributed by atoms with Crippen LogP contribution in [0.25, 0.3) is 0 Å². The second-order valence-electron chi connectivity index (χ2n) is 7.36. The van der Waals surface area contributed by atoms with Crippen LogP contribution < -0.4 is 15.8 Å². The van der Waals surface area contributed by atoms with Crippen LogP contribution in [0.5, 0.6) is 5.88 Å². The molecule has 156 valence electrons. The number of ether oxygens (including phenoxy) is 2. The Labute approximate surface area is 170 Å². The van der Waals surface area contributed by atoms with Crippen molar-refractivity contribution in [2.45, 2.75) is 45.8 Å². The van der Waals surface area contributed by atoms with Crippen molar-refractivity contribution in [1.29, 1.82) is 5.41 Å². The summed E-state index contributed by atoms with van der Waals surface area (Å²) in [7, 11) is 0. The molecular formula is C21H29N5O3. The summed E-state index contributed by atoms with van der Waals surface area (Å²) in [5.41, 5.74) is 8.36. The number of carbonyl (C=O) groups excluding carboxylic acids is 1. The van der Waals surface area contributed by atoms with Crippen molar-refractivity contribution >= 4 is 17.3 Å². The number of nitrogens with two attached hydrogens (primary N) is 1. The third-order valence-corrected chi connectivity index (χ3v) is 4.91. The van der Waals surface area contributed by atoms with E-state index in [4.69, 9.17) is 20.6 Å². The molecule has 29 heavy (non-hydrogen) atoms. The predicted molar refractivity (Wildman–Crippen MR) is 112 cm³/mol. The third-order valence-electron chi connectivity index (χ3n) is 4.91. The van der Waals surface area contributed by atoms with Gasteiger partial charge in [0.1, 0.15) is 11.8 Å². The fraction of sp³-hybridized carbons (Fsp3) is 0.476. The summed E-state index contributed by atoms with van der Waals surface area (Å²) in [6, 6.07) is 3.45. The molecule has 4 N–H and O–H groups in total. The highest BCUT2D eigenvalue weighted by atomic mass is 16.5. The number of nitrogens with zero attached hydrogens (tertiary/aromatic N) is 2. The zero-order valence-electron chi connectivity index (χ0n) is 17.2. The lowest BCUT2D eigenvalue weighted by molar-refractivity contribution is 0.0237. The number of aromatic nitrogens is 2. The molecule has 0 radical (unpaired) electrons. The van der Waals surface area contributed by atoms with Crippen molar-refractivity contribution in [2.75, 3.05) is 25.5 Å². The van der Waals surface area contributed by atoms with Gasteiger partial charge < -0.3 is 25.1 Å². The highest BCUT2D eigenvalue weighted by molar-refractivity contribution is 6.16. The minimum Gasteiger partial charge on any atom is -0.474 e. The summed E-state index contributed by atoms with van der Waals surface area (Å²) < 4.78 is 13.3. The zero-order chi connectivity index (χ0) is 21.0. The standard InChI is InChI=1S/C21H29N5O3/c1-4-24-20(27)17-11-14(12-26(17)13(2)3)19(23)18-16(22)5-8-25-21(18)29-15-6-9-28-10-7-15/h5,8,11-13,15,23H,4,6-7,9-10H2,1-3H3,(H2,22,25)(H,24,27). The fourth-order valence-corrected chi connectivity index (χ4v) is 3.37. The van der Waals surface area contributed by atoms with Gasteiger partial charge in [0.15, 0.2) is 0 Å². The summed E-state index contributed by atoms with van der Waals surface area (Å²) in [4.78, 5) is 16.8. The minimum atomic E-state index is -0.168. The highest BCUT2D eigenvalue weighted by Gasteiger charge is 2.24. The Bertz CT molecular complexity index is 884. The first-order valence-electron chi connectivity index (χ1n) is 10.0. The molecule has 2 aromatic rings. The fourth-order valence-electron chi connectivity index (χ4n) is 3.37.